The van der Waals surface area contributed by atoms with E-state index in [1.165, 1.54) is 6.92 Å². The largest absolute Gasteiger partial charge is 0.395 e. The molecule has 1 spiro atoms. The molecule has 0 saturated carbocycles. The van der Waals surface area contributed by atoms with E-state index in [1.54, 1.807) is 29.2 Å². The lowest BCUT2D eigenvalue weighted by Gasteiger charge is -2.48. The van der Waals surface area contributed by atoms with Gasteiger partial charge in [-0.3, -0.25) is 14.4 Å². The van der Waals surface area contributed by atoms with Gasteiger partial charge in [0.05, 0.1) is 6.61 Å². The molecule has 1 N–H and O–H groups in total. The van der Waals surface area contributed by atoms with Crippen LogP contribution in [-0.4, -0.2) is 65.3 Å². The third kappa shape index (κ3) is 3.80. The van der Waals surface area contributed by atoms with Crippen LogP contribution in [0.25, 0.3) is 0 Å². The van der Waals surface area contributed by atoms with E-state index >= 15 is 0 Å². The minimum absolute atomic E-state index is 0.0169. The molecule has 0 radical (unpaired) electrons. The molecule has 6 heteroatoms. The normalized spacial score (nSPS) is 23.4. The van der Waals surface area contributed by atoms with Crippen LogP contribution in [0, 0.1) is 5.41 Å². The van der Waals surface area contributed by atoms with Gasteiger partial charge >= 0.3 is 0 Å². The van der Waals surface area contributed by atoms with Crippen molar-refractivity contribution in [1.29, 1.82) is 0 Å². The monoisotopic (exact) mass is 358 g/mol. The van der Waals surface area contributed by atoms with Gasteiger partial charge in [0.1, 0.15) is 0 Å². The second-order valence-corrected chi connectivity index (χ2v) is 7.50. The fourth-order valence-electron chi connectivity index (χ4n) is 4.17. The predicted molar refractivity (Wildman–Crippen MR) is 96.9 cm³/mol. The first-order chi connectivity index (χ1) is 12.4. The van der Waals surface area contributed by atoms with Crippen LogP contribution in [0.3, 0.4) is 0 Å². The third-order valence-electron chi connectivity index (χ3n) is 5.61. The Morgan fingerprint density at radius 3 is 2.46 bits per heavy atom. The highest BCUT2D eigenvalue weighted by molar-refractivity contribution is 5.97. The molecule has 1 atom stereocenters. The average molecular weight is 358 g/mol. The Labute approximate surface area is 153 Å². The summed E-state index contributed by atoms with van der Waals surface area (Å²) in [6.07, 6.45) is 3.18. The van der Waals surface area contributed by atoms with Gasteiger partial charge in [0.25, 0.3) is 5.91 Å². The highest BCUT2D eigenvalue weighted by Crippen LogP contribution is 2.39. The number of carbonyl (C=O) groups excluding carboxylic acids is 3. The number of Topliss-reactive ketones (excluding diaryl/α,β-unsaturated/α-hetero) is 1. The Bertz CT molecular complexity index is 700. The van der Waals surface area contributed by atoms with Crippen LogP contribution in [0.5, 0.6) is 0 Å². The standard InChI is InChI=1S/C20H26N2O4/c1-15(24)16-3-5-17(6-4-16)19(26)22-10-2-8-20(14-22)9-7-18(25)21(13-20)11-12-23/h3-6,23H,2,7-14H2,1H3. The van der Waals surface area contributed by atoms with E-state index in [0.717, 1.165) is 19.3 Å². The number of carbonyl (C=O) groups is 3. The first-order valence-corrected chi connectivity index (χ1v) is 9.23. The molecule has 2 aliphatic rings. The molecule has 1 aromatic carbocycles. The Morgan fingerprint density at radius 1 is 1.12 bits per heavy atom. The lowest BCUT2D eigenvalue weighted by Crippen LogP contribution is -2.55. The van der Waals surface area contributed by atoms with Crippen molar-refractivity contribution >= 4 is 17.6 Å². The van der Waals surface area contributed by atoms with Crippen molar-refractivity contribution in [1.82, 2.24) is 9.80 Å². The molecule has 2 saturated heterocycles. The van der Waals surface area contributed by atoms with Crippen LogP contribution >= 0.6 is 0 Å². The summed E-state index contributed by atoms with van der Waals surface area (Å²) in [4.78, 5) is 39.9. The maximum atomic E-state index is 12.9. The number of β-amino-alcohol motifs (C(OH)–C–C–N with tert-alkyl or cyclic N) is 1. The predicted octanol–water partition coefficient (Wildman–Crippen LogP) is 1.73. The zero-order valence-corrected chi connectivity index (χ0v) is 15.2. The van der Waals surface area contributed by atoms with Gasteiger partial charge in [-0.15, -0.1) is 0 Å². The smallest absolute Gasteiger partial charge is 0.253 e. The molecule has 0 bridgehead atoms. The number of aliphatic hydroxyl groups excluding tert-OH is 1. The maximum Gasteiger partial charge on any atom is 0.253 e. The number of rotatable bonds is 4. The van der Waals surface area contributed by atoms with E-state index in [4.69, 9.17) is 0 Å². The van der Waals surface area contributed by atoms with E-state index in [9.17, 15) is 19.5 Å². The molecule has 2 fully saturated rings. The van der Waals surface area contributed by atoms with Crippen LogP contribution < -0.4 is 0 Å². The van der Waals surface area contributed by atoms with Crippen LogP contribution in [0.2, 0.25) is 0 Å². The van der Waals surface area contributed by atoms with E-state index in [-0.39, 0.29) is 29.6 Å². The van der Waals surface area contributed by atoms with Crippen LogP contribution in [0.1, 0.15) is 53.3 Å². The number of aliphatic hydroxyl groups is 1. The van der Waals surface area contributed by atoms with Gasteiger partial charge in [-0.25, -0.2) is 0 Å². The Balaban J connectivity index is 1.72. The van der Waals surface area contributed by atoms with Gasteiger partial charge in [0.15, 0.2) is 5.78 Å². The highest BCUT2D eigenvalue weighted by atomic mass is 16.3. The minimum atomic E-state index is -0.0731. The maximum absolute atomic E-state index is 12.9. The lowest BCUT2D eigenvalue weighted by atomic mass is 9.73. The fourth-order valence-corrected chi connectivity index (χ4v) is 4.17. The molecule has 140 valence electrons. The molecule has 26 heavy (non-hydrogen) atoms. The molecule has 2 amide bonds. The summed E-state index contributed by atoms with van der Waals surface area (Å²) in [5, 5.41) is 9.19. The van der Waals surface area contributed by atoms with Crippen LogP contribution in [0.15, 0.2) is 24.3 Å². The van der Waals surface area contributed by atoms with Crippen molar-refractivity contribution in [2.24, 2.45) is 5.41 Å². The summed E-state index contributed by atoms with van der Waals surface area (Å²) in [6.45, 7) is 3.79. The summed E-state index contributed by atoms with van der Waals surface area (Å²) < 4.78 is 0. The molecule has 1 aromatic rings. The second kappa shape index (κ2) is 7.58. The molecule has 3 rings (SSSR count). The highest BCUT2D eigenvalue weighted by Gasteiger charge is 2.42. The van der Waals surface area contributed by atoms with E-state index in [1.807, 2.05) is 4.90 Å². The van der Waals surface area contributed by atoms with Gasteiger partial charge in [0, 0.05) is 49.1 Å². The molecule has 0 aliphatic carbocycles. The first kappa shape index (κ1) is 18.6. The zero-order chi connectivity index (χ0) is 18.7. The molecule has 2 aliphatic heterocycles. The Kier molecular flexibility index (Phi) is 5.41. The lowest BCUT2D eigenvalue weighted by molar-refractivity contribution is -0.139. The van der Waals surface area contributed by atoms with E-state index in [0.29, 0.717) is 43.7 Å². The summed E-state index contributed by atoms with van der Waals surface area (Å²) in [5.74, 6) is 0.0505. The zero-order valence-electron chi connectivity index (χ0n) is 15.2. The number of benzene rings is 1. The number of hydrogen-bond donors (Lipinski definition) is 1. The van der Waals surface area contributed by atoms with Crippen molar-refractivity contribution in [2.45, 2.75) is 32.6 Å². The summed E-state index contributed by atoms with van der Waals surface area (Å²) in [6, 6.07) is 6.81. The molecular formula is C20H26N2O4. The van der Waals surface area contributed by atoms with Gasteiger partial charge in [-0.05, 0) is 38.3 Å². The van der Waals surface area contributed by atoms with Gasteiger partial charge < -0.3 is 14.9 Å². The topological polar surface area (TPSA) is 77.9 Å². The van der Waals surface area contributed by atoms with Gasteiger partial charge in [-0.2, -0.15) is 0 Å². The van der Waals surface area contributed by atoms with Crippen molar-refractivity contribution in [2.75, 3.05) is 32.8 Å². The molecule has 2 heterocycles. The number of ketones is 1. The summed E-state index contributed by atoms with van der Waals surface area (Å²) in [7, 11) is 0. The van der Waals surface area contributed by atoms with Crippen LogP contribution in [0.4, 0.5) is 0 Å². The van der Waals surface area contributed by atoms with Gasteiger partial charge in [-0.1, -0.05) is 12.1 Å². The minimum Gasteiger partial charge on any atom is -0.395 e. The molecule has 1 unspecified atom stereocenters. The van der Waals surface area contributed by atoms with Crippen molar-refractivity contribution in [3.05, 3.63) is 35.4 Å². The molecule has 6 nitrogen and oxygen atoms in total. The molecular weight excluding hydrogens is 332 g/mol. The van der Waals surface area contributed by atoms with Crippen LogP contribution in [-0.2, 0) is 4.79 Å². The first-order valence-electron chi connectivity index (χ1n) is 9.23. The quantitative estimate of drug-likeness (QED) is 0.832. The van der Waals surface area contributed by atoms with Crippen molar-refractivity contribution in [3.63, 3.8) is 0 Å². The summed E-state index contributed by atoms with van der Waals surface area (Å²) in [5.41, 5.74) is 1.12. The Hall–Kier alpha value is -2.21. The number of hydrogen-bond acceptors (Lipinski definition) is 4. The van der Waals surface area contributed by atoms with Crippen molar-refractivity contribution < 1.29 is 19.5 Å². The van der Waals surface area contributed by atoms with Crippen molar-refractivity contribution in [3.8, 4) is 0 Å². The summed E-state index contributed by atoms with van der Waals surface area (Å²) >= 11 is 0. The number of likely N-dealkylation sites (tertiary alicyclic amines) is 2. The van der Waals surface area contributed by atoms with E-state index in [2.05, 4.69) is 0 Å². The number of amides is 2. The fraction of sp³-hybridized carbons (Fsp3) is 0.550. The average Bonchev–Trinajstić information content (AvgIpc) is 2.65. The molecule has 0 aromatic heterocycles. The third-order valence-corrected chi connectivity index (χ3v) is 5.61. The van der Waals surface area contributed by atoms with Gasteiger partial charge in [0.2, 0.25) is 5.91 Å². The number of piperidine rings is 2. The Morgan fingerprint density at radius 2 is 1.81 bits per heavy atom. The van der Waals surface area contributed by atoms with E-state index < -0.39 is 0 Å². The number of nitrogens with zero attached hydrogens (tertiary/aromatic N) is 2. The SMILES string of the molecule is CC(=O)c1ccc(C(=O)N2CCCC3(CCC(=O)N(CCO)C3)C2)cc1. The second-order valence-electron chi connectivity index (χ2n) is 7.50.